The van der Waals surface area contributed by atoms with Crippen LogP contribution in [0, 0.1) is 5.82 Å². The maximum absolute atomic E-state index is 13.4. The average molecular weight is 417 g/mol. The molecule has 0 aliphatic rings. The van der Waals surface area contributed by atoms with Crippen molar-refractivity contribution in [2.24, 2.45) is 5.73 Å². The number of rotatable bonds is 3. The van der Waals surface area contributed by atoms with Gasteiger partial charge < -0.3 is 15.6 Å². The summed E-state index contributed by atoms with van der Waals surface area (Å²) < 4.78 is 53.5. The summed E-state index contributed by atoms with van der Waals surface area (Å²) in [7, 11) is 0. The van der Waals surface area contributed by atoms with E-state index in [-0.39, 0.29) is 28.2 Å². The van der Waals surface area contributed by atoms with Crippen LogP contribution in [0.15, 0.2) is 40.9 Å². The number of nitrogens with two attached hydrogens (primary N) is 1. The van der Waals surface area contributed by atoms with Crippen LogP contribution in [0.3, 0.4) is 0 Å². The highest BCUT2D eigenvalue weighted by molar-refractivity contribution is 9.10. The number of halogens is 6. The van der Waals surface area contributed by atoms with Gasteiger partial charge in [0.15, 0.2) is 0 Å². The Balaban J connectivity index is 0.00000264. The molecule has 9 heteroatoms. The molecule has 3 nitrogen and oxygen atoms in total. The number of aromatic hydroxyl groups is 1. The van der Waals surface area contributed by atoms with E-state index in [0.717, 1.165) is 24.3 Å². The third kappa shape index (κ3) is 4.98. The van der Waals surface area contributed by atoms with Gasteiger partial charge in [-0.15, -0.1) is 25.6 Å². The lowest BCUT2D eigenvalue weighted by Gasteiger charge is -2.16. The van der Waals surface area contributed by atoms with E-state index in [1.807, 2.05) is 0 Å². The van der Waals surface area contributed by atoms with Gasteiger partial charge in [-0.25, -0.2) is 4.39 Å². The van der Waals surface area contributed by atoms with Crippen LogP contribution in [0.2, 0.25) is 0 Å². The van der Waals surface area contributed by atoms with Crippen molar-refractivity contribution in [2.45, 2.75) is 12.4 Å². The van der Waals surface area contributed by atoms with Crippen LogP contribution in [-0.4, -0.2) is 11.5 Å². The lowest BCUT2D eigenvalue weighted by molar-refractivity contribution is -0.274. The molecule has 0 unspecified atom stereocenters. The van der Waals surface area contributed by atoms with E-state index in [0.29, 0.717) is 5.56 Å². The van der Waals surface area contributed by atoms with Crippen LogP contribution in [0.25, 0.3) is 0 Å². The fraction of sp³-hybridized carbons (Fsp3) is 0.143. The Labute approximate surface area is 143 Å². The Kier molecular flexibility index (Phi) is 6.26. The molecule has 0 aliphatic carbocycles. The Hall–Kier alpha value is -1.51. The van der Waals surface area contributed by atoms with Crippen molar-refractivity contribution < 1.29 is 27.4 Å². The summed E-state index contributed by atoms with van der Waals surface area (Å²) in [4.78, 5) is 0. The highest BCUT2D eigenvalue weighted by Gasteiger charge is 2.31. The third-order valence-electron chi connectivity index (χ3n) is 2.87. The second-order valence-electron chi connectivity index (χ2n) is 4.42. The van der Waals surface area contributed by atoms with Crippen molar-refractivity contribution in [1.29, 1.82) is 0 Å². The molecule has 0 saturated heterocycles. The molecule has 3 N–H and O–H groups in total. The Morgan fingerprint density at radius 1 is 1.13 bits per heavy atom. The molecule has 0 radical (unpaired) electrons. The molecule has 2 rings (SSSR count). The van der Waals surface area contributed by atoms with E-state index in [1.165, 1.54) is 12.1 Å². The summed E-state index contributed by atoms with van der Waals surface area (Å²) in [6, 6.07) is 6.03. The lowest BCUT2D eigenvalue weighted by atomic mass is 9.98. The first-order valence-corrected chi connectivity index (χ1v) is 6.76. The van der Waals surface area contributed by atoms with Gasteiger partial charge in [0.25, 0.3) is 0 Å². The summed E-state index contributed by atoms with van der Waals surface area (Å²) >= 11 is 2.99. The zero-order valence-electron chi connectivity index (χ0n) is 11.3. The van der Waals surface area contributed by atoms with E-state index < -0.39 is 24.0 Å². The molecule has 1 atom stereocenters. The smallest absolute Gasteiger partial charge is 0.506 e. The second kappa shape index (κ2) is 7.37. The fourth-order valence-corrected chi connectivity index (χ4v) is 2.33. The molecule has 0 bridgehead atoms. The molecule has 0 saturated carbocycles. The van der Waals surface area contributed by atoms with Crippen LogP contribution < -0.4 is 10.5 Å². The van der Waals surface area contributed by atoms with Gasteiger partial charge in [0.05, 0.1) is 10.5 Å². The quantitative estimate of drug-likeness (QED) is 0.716. The first-order chi connectivity index (χ1) is 10.2. The molecule has 23 heavy (non-hydrogen) atoms. The van der Waals surface area contributed by atoms with Crippen molar-refractivity contribution in [3.05, 3.63) is 57.8 Å². The Morgan fingerprint density at radius 3 is 2.22 bits per heavy atom. The molecule has 126 valence electrons. The predicted molar refractivity (Wildman–Crippen MR) is 82.2 cm³/mol. The van der Waals surface area contributed by atoms with Crippen LogP contribution >= 0.6 is 28.3 Å². The standard InChI is InChI=1S/C14H10BrF4NO2.ClH/c15-11-6-8(16)5-10(13(11)21)12(20)7-1-3-9(4-2-7)22-14(17,18)19;/h1-6,12,21H,20H2;1H/t12-;/m1./s1. The summed E-state index contributed by atoms with van der Waals surface area (Å²) in [6.07, 6.45) is -4.78. The molecule has 0 heterocycles. The second-order valence-corrected chi connectivity index (χ2v) is 5.27. The fourth-order valence-electron chi connectivity index (χ4n) is 1.88. The monoisotopic (exact) mass is 415 g/mol. The molecule has 0 fully saturated rings. The van der Waals surface area contributed by atoms with Crippen molar-refractivity contribution >= 4 is 28.3 Å². The van der Waals surface area contributed by atoms with E-state index in [4.69, 9.17) is 5.73 Å². The van der Waals surface area contributed by atoms with E-state index in [1.54, 1.807) is 0 Å². The van der Waals surface area contributed by atoms with Crippen molar-refractivity contribution in [3.8, 4) is 11.5 Å². The highest BCUT2D eigenvalue weighted by atomic mass is 79.9. The van der Waals surface area contributed by atoms with Crippen molar-refractivity contribution in [1.82, 2.24) is 0 Å². The molecule has 2 aromatic carbocycles. The van der Waals surface area contributed by atoms with E-state index in [9.17, 15) is 22.7 Å². The zero-order valence-corrected chi connectivity index (χ0v) is 13.7. The van der Waals surface area contributed by atoms with Crippen molar-refractivity contribution in [3.63, 3.8) is 0 Å². The third-order valence-corrected chi connectivity index (χ3v) is 3.47. The van der Waals surface area contributed by atoms with E-state index in [2.05, 4.69) is 20.7 Å². The summed E-state index contributed by atoms with van der Waals surface area (Å²) in [5.41, 5.74) is 6.42. The maximum atomic E-state index is 13.4. The van der Waals surface area contributed by atoms with Crippen LogP contribution in [0.5, 0.6) is 11.5 Å². The molecule has 0 aromatic heterocycles. The van der Waals surface area contributed by atoms with Gasteiger partial charge >= 0.3 is 6.36 Å². The van der Waals surface area contributed by atoms with Gasteiger partial charge in [0.1, 0.15) is 17.3 Å². The number of alkyl halides is 3. The van der Waals surface area contributed by atoms with Gasteiger partial charge in [-0.2, -0.15) is 0 Å². The van der Waals surface area contributed by atoms with Gasteiger partial charge in [-0.1, -0.05) is 12.1 Å². The Morgan fingerprint density at radius 2 is 1.70 bits per heavy atom. The van der Waals surface area contributed by atoms with Crippen LogP contribution in [0.4, 0.5) is 17.6 Å². The Bertz CT molecular complexity index is 680. The minimum atomic E-state index is -4.78. The van der Waals surface area contributed by atoms with Gasteiger partial charge in [-0.05, 0) is 45.8 Å². The topological polar surface area (TPSA) is 55.5 Å². The largest absolute Gasteiger partial charge is 0.573 e. The summed E-state index contributed by atoms with van der Waals surface area (Å²) in [5.74, 6) is -1.23. The summed E-state index contributed by atoms with van der Waals surface area (Å²) in [5, 5.41) is 9.89. The van der Waals surface area contributed by atoms with E-state index >= 15 is 0 Å². The molecule has 0 spiro atoms. The maximum Gasteiger partial charge on any atom is 0.573 e. The minimum Gasteiger partial charge on any atom is -0.506 e. The zero-order chi connectivity index (χ0) is 16.5. The SMILES string of the molecule is Cl.N[C@H](c1ccc(OC(F)(F)F)cc1)c1cc(F)cc(Br)c1O. The first-order valence-electron chi connectivity index (χ1n) is 5.96. The molecular formula is C14H11BrClF4NO2. The van der Waals surface area contributed by atoms with Crippen LogP contribution in [-0.2, 0) is 0 Å². The van der Waals surface area contributed by atoms with Crippen LogP contribution in [0.1, 0.15) is 17.2 Å². The predicted octanol–water partition coefficient (Wildman–Crippen LogP) is 4.66. The normalized spacial score (nSPS) is 12.4. The van der Waals surface area contributed by atoms with Gasteiger partial charge in [0, 0.05) is 5.56 Å². The number of hydrogen-bond donors (Lipinski definition) is 2. The number of phenols is 1. The molecule has 2 aromatic rings. The first kappa shape index (κ1) is 19.5. The van der Waals surface area contributed by atoms with Gasteiger partial charge in [0.2, 0.25) is 0 Å². The number of ether oxygens (including phenoxy) is 1. The summed E-state index contributed by atoms with van der Waals surface area (Å²) in [6.45, 7) is 0. The number of phenolic OH excluding ortho intramolecular Hbond substituents is 1. The van der Waals surface area contributed by atoms with Crippen molar-refractivity contribution in [2.75, 3.05) is 0 Å². The lowest BCUT2D eigenvalue weighted by Crippen LogP contribution is -2.17. The highest BCUT2D eigenvalue weighted by Crippen LogP contribution is 2.35. The minimum absolute atomic E-state index is 0. The average Bonchev–Trinajstić information content (AvgIpc) is 2.41. The molecular weight excluding hydrogens is 406 g/mol. The molecule has 0 aliphatic heterocycles. The molecule has 0 amide bonds. The number of hydrogen-bond acceptors (Lipinski definition) is 3. The number of benzene rings is 2. The van der Waals surface area contributed by atoms with Gasteiger partial charge in [-0.3, -0.25) is 0 Å².